The maximum Gasteiger partial charge on any atom is 0.145 e. The molecule has 0 N–H and O–H groups in total. The van der Waals surface area contributed by atoms with Crippen LogP contribution in [0.15, 0.2) is 309 Å². The van der Waals surface area contributed by atoms with Crippen molar-refractivity contribution in [2.45, 2.75) is 0 Å². The van der Waals surface area contributed by atoms with Crippen LogP contribution in [0.4, 0.5) is 34.1 Å². The highest BCUT2D eigenvalue weighted by Crippen LogP contribution is 2.43. The lowest BCUT2D eigenvalue weighted by Gasteiger charge is -2.25. The van der Waals surface area contributed by atoms with Gasteiger partial charge in [-0.15, -0.1) is 0 Å². The highest BCUT2D eigenvalue weighted by Gasteiger charge is 2.22. The number of hydrogen-bond acceptors (Lipinski definition) is 4. The Morgan fingerprint density at radius 1 is 0.284 bits per heavy atom. The van der Waals surface area contributed by atoms with Gasteiger partial charge in [0.15, 0.2) is 0 Å². The molecule has 1 heterocycles. The number of hydrogen-bond donors (Lipinski definition) is 0. The minimum absolute atomic E-state index is 0.588. The zero-order valence-corrected chi connectivity index (χ0v) is 44.2. The third kappa shape index (κ3) is 9.23. The van der Waals surface area contributed by atoms with Crippen molar-refractivity contribution in [2.75, 3.05) is 9.80 Å². The van der Waals surface area contributed by atoms with E-state index in [0.717, 1.165) is 128 Å². The normalized spacial score (nSPS) is 11.2. The molecule has 5 nitrogen and oxygen atoms in total. The van der Waals surface area contributed by atoms with Crippen LogP contribution in [0.5, 0.6) is 0 Å². The first-order valence-corrected chi connectivity index (χ1v) is 27.3. The number of benzene rings is 13. The van der Waals surface area contributed by atoms with Gasteiger partial charge in [0.2, 0.25) is 0 Å². The third-order valence-corrected chi connectivity index (χ3v) is 15.4. The molecule has 0 radical (unpaired) electrons. The van der Waals surface area contributed by atoms with E-state index in [1.165, 1.54) is 0 Å². The van der Waals surface area contributed by atoms with E-state index in [-0.39, 0.29) is 0 Å². The molecule has 0 fully saturated rings. The molecule has 0 bridgehead atoms. The van der Waals surface area contributed by atoms with Crippen molar-refractivity contribution in [3.8, 4) is 67.7 Å². The van der Waals surface area contributed by atoms with Crippen molar-refractivity contribution < 1.29 is 0 Å². The zero-order chi connectivity index (χ0) is 54.1. The number of fused-ring (bicyclic) bond motifs is 6. The van der Waals surface area contributed by atoms with E-state index in [9.17, 15) is 5.26 Å². The summed E-state index contributed by atoms with van der Waals surface area (Å²) in [6, 6.07) is 112. The van der Waals surface area contributed by atoms with Crippen LogP contribution in [-0.4, -0.2) is 9.55 Å². The van der Waals surface area contributed by atoms with Gasteiger partial charge in [-0.3, -0.25) is 4.57 Å². The smallest absolute Gasteiger partial charge is 0.145 e. The Hall–Kier alpha value is -11.1. The molecule has 0 spiro atoms. The summed E-state index contributed by atoms with van der Waals surface area (Å²) in [4.78, 5) is 10.1. The van der Waals surface area contributed by atoms with Gasteiger partial charge in [0.05, 0.1) is 22.7 Å². The van der Waals surface area contributed by atoms with Crippen LogP contribution in [0.1, 0.15) is 5.56 Å². The van der Waals surface area contributed by atoms with Gasteiger partial charge in [-0.2, -0.15) is 5.26 Å². The summed E-state index contributed by atoms with van der Waals surface area (Å²) in [7, 11) is 0. The molecular weight excluding hydrogens is 983 g/mol. The minimum atomic E-state index is 0.588. The van der Waals surface area contributed by atoms with Crippen molar-refractivity contribution in [3.63, 3.8) is 0 Å². The number of aromatic nitrogens is 2. The number of para-hydroxylation sites is 5. The van der Waals surface area contributed by atoms with Crippen molar-refractivity contribution in [3.05, 3.63) is 315 Å². The first kappa shape index (κ1) is 48.3. The van der Waals surface area contributed by atoms with Crippen LogP contribution in [-0.2, 0) is 0 Å². The molecule has 5 heteroatoms. The Morgan fingerprint density at radius 3 is 1.05 bits per heavy atom. The van der Waals surface area contributed by atoms with Crippen molar-refractivity contribution >= 4 is 66.7 Å². The van der Waals surface area contributed by atoms with E-state index in [1.807, 2.05) is 30.3 Å². The van der Waals surface area contributed by atoms with Crippen LogP contribution in [0.3, 0.4) is 0 Å². The Morgan fingerprint density at radius 2 is 0.630 bits per heavy atom. The van der Waals surface area contributed by atoms with E-state index in [0.29, 0.717) is 5.56 Å². The molecule has 14 rings (SSSR count). The highest BCUT2D eigenvalue weighted by molar-refractivity contribution is 6.25. The molecule has 380 valence electrons. The van der Waals surface area contributed by atoms with Gasteiger partial charge in [0.25, 0.3) is 0 Å². The summed E-state index contributed by atoms with van der Waals surface area (Å²) in [5.41, 5.74) is 20.1. The van der Waals surface area contributed by atoms with Crippen LogP contribution >= 0.6 is 0 Å². The van der Waals surface area contributed by atoms with Gasteiger partial charge < -0.3 is 9.80 Å². The summed E-state index contributed by atoms with van der Waals surface area (Å²) >= 11 is 0. The maximum absolute atomic E-state index is 10.0. The molecule has 0 aliphatic heterocycles. The van der Waals surface area contributed by atoms with Crippen LogP contribution in [0, 0.1) is 11.3 Å². The molecule has 0 saturated carbocycles. The summed E-state index contributed by atoms with van der Waals surface area (Å²) in [6.45, 7) is 0. The SMILES string of the molecule is N#Cc1cccc(-c2nc3c4ccc(-c5ccc(-c6ccc(N(c7ccccc7)c7ccccc7)cc6)cc5)cc4c4cc(-c5ccc(-c6ccc(N(c7ccccc7)c7ccccc7)cc6)cc5)ccc4c3n2-c2ccccc2)c1. The fraction of sp³-hybridized carbons (Fsp3) is 0. The molecule has 0 atom stereocenters. The lowest BCUT2D eigenvalue weighted by atomic mass is 9.92. The molecule has 0 unspecified atom stereocenters. The predicted molar refractivity (Wildman–Crippen MR) is 337 cm³/mol. The van der Waals surface area contributed by atoms with Gasteiger partial charge >= 0.3 is 0 Å². The van der Waals surface area contributed by atoms with E-state index in [4.69, 9.17) is 4.98 Å². The Balaban J connectivity index is 0.853. The third-order valence-electron chi connectivity index (χ3n) is 15.4. The largest absolute Gasteiger partial charge is 0.311 e. The fourth-order valence-corrected chi connectivity index (χ4v) is 11.4. The second-order valence-electron chi connectivity index (χ2n) is 20.3. The van der Waals surface area contributed by atoms with Crippen molar-refractivity contribution in [2.24, 2.45) is 0 Å². The molecular formula is C76H51N5. The number of nitriles is 1. The standard InChI is InChI=1S/C76H51N5/c77-52-53-17-16-18-62(49-53)76-78-74-70-47-41-60(58-33-29-54(30-34-58)56-37-43-68(44-38-56)79(63-19-6-1-7-20-63)64-21-8-2-9-22-64)50-72(70)73-51-61(42-48-71(73)75(74)81(76)67-27-14-5-15-28-67)59-35-31-55(32-36-59)57-39-45-69(46-40-57)80(65-23-10-3-11-24-65)66-25-12-4-13-26-66/h1-51H. The highest BCUT2D eigenvalue weighted by atomic mass is 15.1. The molecule has 81 heavy (non-hydrogen) atoms. The first-order valence-electron chi connectivity index (χ1n) is 27.3. The quantitative estimate of drug-likeness (QED) is 0.114. The fourth-order valence-electron chi connectivity index (χ4n) is 11.4. The number of anilines is 6. The monoisotopic (exact) mass is 1030 g/mol. The Bertz CT molecular complexity index is 4500. The molecule has 0 aliphatic carbocycles. The zero-order valence-electron chi connectivity index (χ0n) is 44.2. The van der Waals surface area contributed by atoms with Crippen molar-refractivity contribution in [1.82, 2.24) is 9.55 Å². The van der Waals surface area contributed by atoms with Gasteiger partial charge in [-0.1, -0.05) is 200 Å². The first-order chi connectivity index (χ1) is 40.1. The summed E-state index contributed by atoms with van der Waals surface area (Å²) < 4.78 is 2.27. The predicted octanol–water partition coefficient (Wildman–Crippen LogP) is 20.5. The maximum atomic E-state index is 10.0. The molecule has 13 aromatic carbocycles. The van der Waals surface area contributed by atoms with E-state index >= 15 is 0 Å². The Kier molecular flexibility index (Phi) is 12.6. The second kappa shape index (κ2) is 21.1. The van der Waals surface area contributed by atoms with Gasteiger partial charge in [-0.05, 0) is 164 Å². The number of nitrogens with zero attached hydrogens (tertiary/aromatic N) is 5. The van der Waals surface area contributed by atoms with Crippen LogP contribution in [0.25, 0.3) is 94.2 Å². The number of imidazole rings is 1. The van der Waals surface area contributed by atoms with Crippen molar-refractivity contribution in [1.29, 1.82) is 5.26 Å². The summed E-state index contributed by atoms with van der Waals surface area (Å²) in [5, 5.41) is 14.4. The second-order valence-corrected chi connectivity index (χ2v) is 20.3. The van der Waals surface area contributed by atoms with E-state index in [1.54, 1.807) is 0 Å². The topological polar surface area (TPSA) is 48.1 Å². The average molecular weight is 1030 g/mol. The summed E-state index contributed by atoms with van der Waals surface area (Å²) in [6.07, 6.45) is 0. The minimum Gasteiger partial charge on any atom is -0.311 e. The van der Waals surface area contributed by atoms with E-state index < -0.39 is 0 Å². The molecule has 14 aromatic rings. The number of rotatable bonds is 12. The lowest BCUT2D eigenvalue weighted by molar-refractivity contribution is 1.11. The van der Waals surface area contributed by atoms with Gasteiger partial charge in [0.1, 0.15) is 5.82 Å². The lowest BCUT2D eigenvalue weighted by Crippen LogP contribution is -2.09. The summed E-state index contributed by atoms with van der Waals surface area (Å²) in [5.74, 6) is 0.781. The molecule has 0 aliphatic rings. The van der Waals surface area contributed by atoms with Gasteiger partial charge in [0, 0.05) is 56.1 Å². The van der Waals surface area contributed by atoms with Gasteiger partial charge in [-0.25, -0.2) is 4.98 Å². The van der Waals surface area contributed by atoms with Crippen LogP contribution < -0.4 is 9.80 Å². The average Bonchev–Trinajstić information content (AvgIpc) is 4.06. The molecule has 1 aromatic heterocycles. The molecule has 0 saturated heterocycles. The van der Waals surface area contributed by atoms with Crippen LogP contribution in [0.2, 0.25) is 0 Å². The molecule has 0 amide bonds. The Labute approximate surface area is 471 Å². The van der Waals surface area contributed by atoms with E-state index in [2.05, 4.69) is 299 Å².